The van der Waals surface area contributed by atoms with Crippen LogP contribution < -0.4 is 5.56 Å². The first-order valence-electron chi connectivity index (χ1n) is 9.52. The zero-order chi connectivity index (χ0) is 21.8. The Morgan fingerprint density at radius 2 is 1.52 bits per heavy atom. The molecule has 3 aromatic carbocycles. The monoisotopic (exact) mass is 416 g/mol. The Hall–Kier alpha value is -4.13. The second-order valence-electron chi connectivity index (χ2n) is 6.85. The van der Waals surface area contributed by atoms with Gasteiger partial charge in [0, 0.05) is 10.9 Å². The van der Waals surface area contributed by atoms with Gasteiger partial charge in [-0.25, -0.2) is 13.9 Å². The van der Waals surface area contributed by atoms with Crippen LogP contribution >= 0.6 is 0 Å². The lowest BCUT2D eigenvalue weighted by molar-refractivity contribution is 0.0468. The zero-order valence-electron chi connectivity index (χ0n) is 16.3. The van der Waals surface area contributed by atoms with Crippen LogP contribution in [0, 0.1) is 5.82 Å². The molecule has 0 saturated heterocycles. The second-order valence-corrected chi connectivity index (χ2v) is 6.85. The molecule has 0 aliphatic heterocycles. The summed E-state index contributed by atoms with van der Waals surface area (Å²) in [7, 11) is 0. The minimum atomic E-state index is -0.825. The summed E-state index contributed by atoms with van der Waals surface area (Å²) in [5.74, 6) is -1.77. The number of carbonyl (C=O) groups is 2. The number of hydrogen-bond acceptors (Lipinski definition) is 5. The average Bonchev–Trinajstić information content (AvgIpc) is 2.80. The van der Waals surface area contributed by atoms with Crippen LogP contribution in [-0.4, -0.2) is 28.1 Å². The van der Waals surface area contributed by atoms with E-state index in [1.165, 1.54) is 16.8 Å². The number of benzene rings is 3. The Labute approximate surface area is 176 Å². The van der Waals surface area contributed by atoms with Crippen molar-refractivity contribution in [2.45, 2.75) is 6.54 Å². The van der Waals surface area contributed by atoms with Gasteiger partial charge in [-0.15, -0.1) is 0 Å². The van der Waals surface area contributed by atoms with Crippen molar-refractivity contribution in [1.82, 2.24) is 9.78 Å². The number of esters is 1. The third-order valence-electron chi connectivity index (χ3n) is 4.74. The number of halogens is 1. The van der Waals surface area contributed by atoms with E-state index < -0.39 is 24.2 Å². The van der Waals surface area contributed by atoms with E-state index in [9.17, 15) is 18.8 Å². The van der Waals surface area contributed by atoms with E-state index in [0.29, 0.717) is 10.8 Å². The molecule has 6 nitrogen and oxygen atoms in total. The summed E-state index contributed by atoms with van der Waals surface area (Å²) in [5.41, 5.74) is 0.677. The lowest BCUT2D eigenvalue weighted by Crippen LogP contribution is -2.27. The fraction of sp³-hybridized carbons (Fsp3) is 0.0833. The molecule has 1 aromatic heterocycles. The number of aromatic nitrogens is 2. The highest BCUT2D eigenvalue weighted by Gasteiger charge is 2.19. The van der Waals surface area contributed by atoms with Crippen LogP contribution in [0.3, 0.4) is 0 Å². The average molecular weight is 416 g/mol. The molecule has 0 bridgehead atoms. The molecular formula is C24H17FN2O4. The van der Waals surface area contributed by atoms with Gasteiger partial charge in [0.05, 0.1) is 11.9 Å². The highest BCUT2D eigenvalue weighted by Crippen LogP contribution is 2.15. The number of nitrogens with zero attached hydrogens (tertiary/aromatic N) is 2. The molecule has 0 atom stereocenters. The molecule has 1 heterocycles. The van der Waals surface area contributed by atoms with Gasteiger partial charge in [-0.05, 0) is 35.9 Å². The minimum absolute atomic E-state index is 0.0574. The maximum absolute atomic E-state index is 13.0. The molecule has 0 aliphatic rings. The predicted octanol–water partition coefficient (Wildman–Crippen LogP) is 3.62. The molecule has 0 radical (unpaired) electrons. The molecule has 0 saturated carbocycles. The quantitative estimate of drug-likeness (QED) is 0.354. The van der Waals surface area contributed by atoms with Crippen molar-refractivity contribution < 1.29 is 18.7 Å². The standard InChI is InChI=1S/C24H17FN2O4/c25-18-12-10-17(11-13-18)21(28)15-31-24(30)22-19-8-4-5-9-20(19)23(29)27(26-22)14-16-6-2-1-3-7-16/h1-13H,14-15H2. The molecule has 7 heteroatoms. The van der Waals surface area contributed by atoms with Crippen molar-refractivity contribution in [3.63, 3.8) is 0 Å². The number of hydrogen-bond donors (Lipinski definition) is 0. The van der Waals surface area contributed by atoms with E-state index in [1.807, 2.05) is 30.3 Å². The topological polar surface area (TPSA) is 78.3 Å². The van der Waals surface area contributed by atoms with Gasteiger partial charge in [0.25, 0.3) is 5.56 Å². The largest absolute Gasteiger partial charge is 0.452 e. The van der Waals surface area contributed by atoms with Crippen LogP contribution in [0.4, 0.5) is 4.39 Å². The van der Waals surface area contributed by atoms with E-state index in [2.05, 4.69) is 5.10 Å². The molecule has 0 fully saturated rings. The molecule has 0 amide bonds. The number of fused-ring (bicyclic) bond motifs is 1. The van der Waals surface area contributed by atoms with Gasteiger partial charge in [0.15, 0.2) is 18.1 Å². The number of ketones is 1. The summed E-state index contributed by atoms with van der Waals surface area (Å²) < 4.78 is 19.4. The molecule has 0 spiro atoms. The van der Waals surface area contributed by atoms with E-state index in [0.717, 1.165) is 17.7 Å². The lowest BCUT2D eigenvalue weighted by Gasteiger charge is -2.11. The Morgan fingerprint density at radius 3 is 2.23 bits per heavy atom. The van der Waals surface area contributed by atoms with Gasteiger partial charge in [0.2, 0.25) is 0 Å². The van der Waals surface area contributed by atoms with Crippen LogP contribution in [0.25, 0.3) is 10.8 Å². The smallest absolute Gasteiger partial charge is 0.359 e. The summed E-state index contributed by atoms with van der Waals surface area (Å²) in [6.07, 6.45) is 0. The normalized spacial score (nSPS) is 10.7. The summed E-state index contributed by atoms with van der Waals surface area (Å²) in [5, 5.41) is 4.89. The van der Waals surface area contributed by atoms with Crippen molar-refractivity contribution in [3.05, 3.63) is 112 Å². The van der Waals surface area contributed by atoms with Crippen LogP contribution in [0.5, 0.6) is 0 Å². The zero-order valence-corrected chi connectivity index (χ0v) is 16.3. The fourth-order valence-corrected chi connectivity index (χ4v) is 3.17. The van der Waals surface area contributed by atoms with Crippen LogP contribution in [-0.2, 0) is 11.3 Å². The van der Waals surface area contributed by atoms with Gasteiger partial charge in [-0.2, -0.15) is 5.10 Å². The first-order chi connectivity index (χ1) is 15.0. The Kier molecular flexibility index (Phi) is 5.66. The first kappa shape index (κ1) is 20.2. The Bertz CT molecular complexity index is 1320. The van der Waals surface area contributed by atoms with Gasteiger partial charge in [-0.1, -0.05) is 48.5 Å². The molecule has 4 aromatic rings. The van der Waals surface area contributed by atoms with Crippen molar-refractivity contribution in [3.8, 4) is 0 Å². The summed E-state index contributed by atoms with van der Waals surface area (Å²) in [6.45, 7) is -0.350. The molecular weight excluding hydrogens is 399 g/mol. The molecule has 0 aliphatic carbocycles. The number of Topliss-reactive ketones (excluding diaryl/α,β-unsaturated/α-hetero) is 1. The summed E-state index contributed by atoms with van der Waals surface area (Å²) in [4.78, 5) is 37.8. The molecule has 4 rings (SSSR count). The van der Waals surface area contributed by atoms with E-state index in [1.54, 1.807) is 24.3 Å². The van der Waals surface area contributed by atoms with E-state index in [4.69, 9.17) is 4.74 Å². The Balaban J connectivity index is 1.63. The summed E-state index contributed by atoms with van der Waals surface area (Å²) >= 11 is 0. The van der Waals surface area contributed by atoms with Crippen LogP contribution in [0.15, 0.2) is 83.7 Å². The second kappa shape index (κ2) is 8.71. The third-order valence-corrected chi connectivity index (χ3v) is 4.74. The Morgan fingerprint density at radius 1 is 0.871 bits per heavy atom. The van der Waals surface area contributed by atoms with Crippen LogP contribution in [0.1, 0.15) is 26.4 Å². The SMILES string of the molecule is O=C(COC(=O)c1nn(Cc2ccccc2)c(=O)c2ccccc12)c1ccc(F)cc1. The molecule has 154 valence electrons. The van der Waals surface area contributed by atoms with Crippen molar-refractivity contribution in [1.29, 1.82) is 0 Å². The predicted molar refractivity (Wildman–Crippen MR) is 113 cm³/mol. The van der Waals surface area contributed by atoms with Gasteiger partial charge >= 0.3 is 5.97 Å². The number of rotatable bonds is 6. The molecule has 31 heavy (non-hydrogen) atoms. The van der Waals surface area contributed by atoms with Gasteiger partial charge in [-0.3, -0.25) is 9.59 Å². The van der Waals surface area contributed by atoms with Crippen molar-refractivity contribution in [2.24, 2.45) is 0 Å². The third kappa shape index (κ3) is 4.40. The highest BCUT2D eigenvalue weighted by molar-refractivity contribution is 6.04. The molecule has 0 unspecified atom stereocenters. The summed E-state index contributed by atoms with van der Waals surface area (Å²) in [6, 6.07) is 20.8. The van der Waals surface area contributed by atoms with Gasteiger partial charge in [0.1, 0.15) is 5.82 Å². The molecule has 0 N–H and O–H groups in total. The van der Waals surface area contributed by atoms with Crippen LogP contribution in [0.2, 0.25) is 0 Å². The van der Waals surface area contributed by atoms with E-state index >= 15 is 0 Å². The number of ether oxygens (including phenoxy) is 1. The maximum atomic E-state index is 13.0. The minimum Gasteiger partial charge on any atom is -0.452 e. The highest BCUT2D eigenvalue weighted by atomic mass is 19.1. The van der Waals surface area contributed by atoms with E-state index in [-0.39, 0.29) is 23.4 Å². The lowest BCUT2D eigenvalue weighted by atomic mass is 10.1. The first-order valence-corrected chi connectivity index (χ1v) is 9.52. The van der Waals surface area contributed by atoms with Crippen molar-refractivity contribution >= 4 is 22.5 Å². The fourth-order valence-electron chi connectivity index (χ4n) is 3.17. The maximum Gasteiger partial charge on any atom is 0.359 e. The van der Waals surface area contributed by atoms with Crippen molar-refractivity contribution in [2.75, 3.05) is 6.61 Å². The number of carbonyl (C=O) groups excluding carboxylic acids is 2. The van der Waals surface area contributed by atoms with Gasteiger partial charge < -0.3 is 4.74 Å².